The van der Waals surface area contributed by atoms with Gasteiger partial charge in [0.2, 0.25) is 0 Å². The number of hydrogen-bond donors (Lipinski definition) is 2. The fourth-order valence-electron chi connectivity index (χ4n) is 2.79. The molecule has 0 aliphatic carbocycles. The van der Waals surface area contributed by atoms with Gasteiger partial charge in [-0.15, -0.1) is 0 Å². The molecule has 2 N–H and O–H groups in total. The van der Waals surface area contributed by atoms with E-state index in [2.05, 4.69) is 10.3 Å². The Kier molecular flexibility index (Phi) is 4.61. The molecule has 0 atom stereocenters. The van der Waals surface area contributed by atoms with Crippen LogP contribution in [0.1, 0.15) is 21.6 Å². The smallest absolute Gasteiger partial charge is 0.268 e. The first kappa shape index (κ1) is 16.8. The molecule has 130 valence electrons. The van der Waals surface area contributed by atoms with Crippen LogP contribution in [0, 0.1) is 12.7 Å². The molecule has 25 heavy (non-hydrogen) atoms. The third-order valence-electron chi connectivity index (χ3n) is 4.15. The predicted molar refractivity (Wildman–Crippen MR) is 93.7 cm³/mol. The van der Waals surface area contributed by atoms with E-state index in [1.54, 1.807) is 33.3 Å². The van der Waals surface area contributed by atoms with Crippen molar-refractivity contribution in [1.82, 2.24) is 10.3 Å². The summed E-state index contributed by atoms with van der Waals surface area (Å²) >= 11 is 0. The zero-order valence-electron chi connectivity index (χ0n) is 14.3. The van der Waals surface area contributed by atoms with E-state index in [1.807, 2.05) is 12.1 Å². The van der Waals surface area contributed by atoms with Crippen molar-refractivity contribution in [2.45, 2.75) is 13.5 Å². The van der Waals surface area contributed by atoms with Crippen molar-refractivity contribution in [2.24, 2.45) is 0 Å². The summed E-state index contributed by atoms with van der Waals surface area (Å²) in [6.45, 7) is 2.13. The molecule has 0 aliphatic heterocycles. The van der Waals surface area contributed by atoms with Crippen LogP contribution >= 0.6 is 0 Å². The first-order chi connectivity index (χ1) is 12.0. The second kappa shape index (κ2) is 6.84. The first-order valence-electron chi connectivity index (χ1n) is 7.80. The van der Waals surface area contributed by atoms with Crippen LogP contribution in [-0.4, -0.2) is 25.1 Å². The highest BCUT2D eigenvalue weighted by atomic mass is 19.1. The minimum absolute atomic E-state index is 0.246. The van der Waals surface area contributed by atoms with Crippen molar-refractivity contribution in [3.63, 3.8) is 0 Å². The highest BCUT2D eigenvalue weighted by Gasteiger charge is 2.15. The average molecular weight is 342 g/mol. The maximum atomic E-state index is 13.4. The molecule has 1 amide bonds. The van der Waals surface area contributed by atoms with Crippen LogP contribution in [0.15, 0.2) is 36.4 Å². The molecule has 0 bridgehead atoms. The van der Waals surface area contributed by atoms with Crippen LogP contribution in [0.2, 0.25) is 0 Å². The largest absolute Gasteiger partial charge is 0.493 e. The number of aromatic nitrogens is 1. The van der Waals surface area contributed by atoms with Crippen molar-refractivity contribution < 1.29 is 18.7 Å². The van der Waals surface area contributed by atoms with Gasteiger partial charge in [0.15, 0.2) is 11.5 Å². The van der Waals surface area contributed by atoms with Crippen LogP contribution in [0.3, 0.4) is 0 Å². The van der Waals surface area contributed by atoms with Gasteiger partial charge in [0, 0.05) is 17.4 Å². The van der Waals surface area contributed by atoms with Gasteiger partial charge in [0.05, 0.1) is 14.2 Å². The zero-order chi connectivity index (χ0) is 18.0. The van der Waals surface area contributed by atoms with E-state index in [1.165, 1.54) is 12.1 Å². The Hall–Kier alpha value is -3.02. The van der Waals surface area contributed by atoms with Crippen molar-refractivity contribution in [3.8, 4) is 11.5 Å². The third kappa shape index (κ3) is 3.28. The number of halogens is 1. The minimum atomic E-state index is -0.327. The van der Waals surface area contributed by atoms with Gasteiger partial charge < -0.3 is 19.8 Å². The van der Waals surface area contributed by atoms with Gasteiger partial charge in [-0.05, 0) is 48.4 Å². The van der Waals surface area contributed by atoms with Gasteiger partial charge in [-0.1, -0.05) is 6.07 Å². The molecule has 0 spiro atoms. The number of nitrogens with one attached hydrogen (secondary N) is 2. The maximum absolute atomic E-state index is 13.4. The molecule has 0 unspecified atom stereocenters. The highest BCUT2D eigenvalue weighted by molar-refractivity contribution is 6.00. The molecule has 0 saturated heterocycles. The van der Waals surface area contributed by atoms with Crippen LogP contribution in [0.25, 0.3) is 10.9 Å². The number of hydrogen-bond acceptors (Lipinski definition) is 3. The number of fused-ring (bicyclic) bond motifs is 1. The lowest BCUT2D eigenvalue weighted by molar-refractivity contribution is 0.0946. The van der Waals surface area contributed by atoms with Crippen LogP contribution in [0.4, 0.5) is 4.39 Å². The summed E-state index contributed by atoms with van der Waals surface area (Å²) in [6.07, 6.45) is 0. The topological polar surface area (TPSA) is 63.3 Å². The number of aryl methyl sites for hydroxylation is 1. The van der Waals surface area contributed by atoms with Gasteiger partial charge in [-0.3, -0.25) is 4.79 Å². The number of benzene rings is 2. The standard InChI is InChI=1S/C19H19FN2O3/c1-11-14-9-13(20)5-6-15(14)22-18(11)19(23)21-10-12-4-7-16(24-2)17(8-12)25-3/h4-9,22H,10H2,1-3H3,(H,21,23). The maximum Gasteiger partial charge on any atom is 0.268 e. The van der Waals surface area contributed by atoms with E-state index >= 15 is 0 Å². The van der Waals surface area contributed by atoms with Gasteiger partial charge in [0.1, 0.15) is 11.5 Å². The summed E-state index contributed by atoms with van der Waals surface area (Å²) < 4.78 is 23.8. The van der Waals surface area contributed by atoms with Crippen LogP contribution in [0.5, 0.6) is 11.5 Å². The zero-order valence-corrected chi connectivity index (χ0v) is 14.3. The van der Waals surface area contributed by atoms with Crippen molar-refractivity contribution >= 4 is 16.8 Å². The summed E-state index contributed by atoms with van der Waals surface area (Å²) in [4.78, 5) is 15.5. The first-order valence-corrected chi connectivity index (χ1v) is 7.80. The summed E-state index contributed by atoms with van der Waals surface area (Å²) in [6, 6.07) is 9.87. The summed E-state index contributed by atoms with van der Waals surface area (Å²) in [5.41, 5.74) is 2.77. The molecule has 0 radical (unpaired) electrons. The summed E-state index contributed by atoms with van der Waals surface area (Å²) in [5, 5.41) is 3.57. The predicted octanol–water partition coefficient (Wildman–Crippen LogP) is 3.56. The molecule has 0 aliphatic rings. The molecule has 0 saturated carbocycles. The van der Waals surface area contributed by atoms with Gasteiger partial charge in [-0.2, -0.15) is 0 Å². The van der Waals surface area contributed by atoms with E-state index in [-0.39, 0.29) is 11.7 Å². The van der Waals surface area contributed by atoms with E-state index in [4.69, 9.17) is 9.47 Å². The van der Waals surface area contributed by atoms with Crippen LogP contribution in [-0.2, 0) is 6.54 Å². The monoisotopic (exact) mass is 342 g/mol. The number of H-pyrrole nitrogens is 1. The second-order valence-corrected chi connectivity index (χ2v) is 5.69. The van der Waals surface area contributed by atoms with Crippen LogP contribution < -0.4 is 14.8 Å². The fourth-order valence-corrected chi connectivity index (χ4v) is 2.79. The van der Waals surface area contributed by atoms with Gasteiger partial charge in [-0.25, -0.2) is 4.39 Å². The number of amides is 1. The Morgan fingerprint density at radius 2 is 1.88 bits per heavy atom. The van der Waals surface area contributed by atoms with Crippen molar-refractivity contribution in [2.75, 3.05) is 14.2 Å². The Labute approximate surface area is 144 Å². The normalized spacial score (nSPS) is 10.7. The van der Waals surface area contributed by atoms with E-state index in [9.17, 15) is 9.18 Å². The lowest BCUT2D eigenvalue weighted by Gasteiger charge is -2.10. The SMILES string of the molecule is COc1ccc(CNC(=O)c2[nH]c3ccc(F)cc3c2C)cc1OC. The molecule has 6 heteroatoms. The number of rotatable bonds is 5. The van der Waals surface area contributed by atoms with Crippen molar-refractivity contribution in [3.05, 3.63) is 59.0 Å². The summed E-state index contributed by atoms with van der Waals surface area (Å²) in [7, 11) is 3.13. The Morgan fingerprint density at radius 1 is 1.12 bits per heavy atom. The lowest BCUT2D eigenvalue weighted by atomic mass is 10.1. The molecule has 1 heterocycles. The third-order valence-corrected chi connectivity index (χ3v) is 4.15. The second-order valence-electron chi connectivity index (χ2n) is 5.69. The lowest BCUT2D eigenvalue weighted by Crippen LogP contribution is -2.23. The van der Waals surface area contributed by atoms with Gasteiger partial charge >= 0.3 is 0 Å². The van der Waals surface area contributed by atoms with Gasteiger partial charge in [0.25, 0.3) is 5.91 Å². The molecule has 0 fully saturated rings. The molecule has 3 rings (SSSR count). The minimum Gasteiger partial charge on any atom is -0.493 e. The Balaban J connectivity index is 1.78. The van der Waals surface area contributed by atoms with Crippen molar-refractivity contribution in [1.29, 1.82) is 0 Å². The number of aromatic amines is 1. The summed E-state index contributed by atoms with van der Waals surface area (Å²) in [5.74, 6) is 0.661. The number of methoxy groups -OCH3 is 2. The molecule has 5 nitrogen and oxygen atoms in total. The van der Waals surface area contributed by atoms with E-state index < -0.39 is 0 Å². The number of carbonyl (C=O) groups is 1. The molecular formula is C19H19FN2O3. The van der Waals surface area contributed by atoms with E-state index in [0.29, 0.717) is 29.1 Å². The highest BCUT2D eigenvalue weighted by Crippen LogP contribution is 2.27. The molecular weight excluding hydrogens is 323 g/mol. The Morgan fingerprint density at radius 3 is 2.60 bits per heavy atom. The quantitative estimate of drug-likeness (QED) is 0.745. The number of ether oxygens (including phenoxy) is 2. The van der Waals surface area contributed by atoms with E-state index in [0.717, 1.165) is 16.6 Å². The average Bonchev–Trinajstić information content (AvgIpc) is 2.95. The molecule has 1 aromatic heterocycles. The Bertz CT molecular complexity index is 934. The molecule has 3 aromatic rings. The number of carbonyl (C=O) groups excluding carboxylic acids is 1. The molecule has 2 aromatic carbocycles. The fraction of sp³-hybridized carbons (Fsp3) is 0.211.